The number of aromatic nitrogens is 2. The van der Waals surface area contributed by atoms with Crippen molar-refractivity contribution in [1.82, 2.24) is 9.97 Å². The monoisotopic (exact) mass is 277 g/mol. The van der Waals surface area contributed by atoms with Crippen LogP contribution in [0.1, 0.15) is 0 Å². The first-order chi connectivity index (χ1) is 9.90. The van der Waals surface area contributed by atoms with Gasteiger partial charge < -0.3 is 5.32 Å². The summed E-state index contributed by atoms with van der Waals surface area (Å²) in [4.78, 5) is 8.76. The van der Waals surface area contributed by atoms with Gasteiger partial charge in [-0.3, -0.25) is 4.98 Å². The third-order valence-electron chi connectivity index (χ3n) is 3.22. The molecule has 0 radical (unpaired) electrons. The van der Waals surface area contributed by atoms with Crippen LogP contribution < -0.4 is 5.32 Å². The van der Waals surface area contributed by atoms with E-state index in [1.165, 1.54) is 4.70 Å². The molecule has 0 unspecified atom stereocenters. The minimum atomic E-state index is 0.913. The highest BCUT2D eigenvalue weighted by Gasteiger charge is 2.05. The maximum Gasteiger partial charge on any atom is 0.188 e. The fourth-order valence-electron chi connectivity index (χ4n) is 2.27. The number of pyridine rings is 1. The van der Waals surface area contributed by atoms with E-state index in [2.05, 4.69) is 33.5 Å². The molecular formula is C16H11N3S. The lowest BCUT2D eigenvalue weighted by molar-refractivity contribution is 1.36. The van der Waals surface area contributed by atoms with E-state index >= 15 is 0 Å². The maximum absolute atomic E-state index is 4.61. The summed E-state index contributed by atoms with van der Waals surface area (Å²) in [6.45, 7) is 0. The normalized spacial score (nSPS) is 11.0. The molecule has 2 aromatic carbocycles. The van der Waals surface area contributed by atoms with Crippen LogP contribution in [0, 0.1) is 0 Å². The Labute approximate surface area is 119 Å². The highest BCUT2D eigenvalue weighted by molar-refractivity contribution is 7.22. The van der Waals surface area contributed by atoms with E-state index in [0.29, 0.717) is 0 Å². The lowest BCUT2D eigenvalue weighted by atomic mass is 10.1. The zero-order chi connectivity index (χ0) is 13.4. The maximum atomic E-state index is 4.61. The van der Waals surface area contributed by atoms with Gasteiger partial charge in [-0.25, -0.2) is 4.98 Å². The number of thiazole rings is 1. The van der Waals surface area contributed by atoms with Gasteiger partial charge in [0.1, 0.15) is 0 Å². The molecule has 0 atom stereocenters. The van der Waals surface area contributed by atoms with Gasteiger partial charge in [-0.05, 0) is 24.3 Å². The van der Waals surface area contributed by atoms with Crippen LogP contribution in [0.15, 0.2) is 60.9 Å². The second-order valence-electron chi connectivity index (χ2n) is 4.51. The van der Waals surface area contributed by atoms with Crippen LogP contribution in [-0.2, 0) is 0 Å². The molecule has 96 valence electrons. The Balaban J connectivity index is 1.80. The molecule has 2 heterocycles. The van der Waals surface area contributed by atoms with Crippen LogP contribution in [-0.4, -0.2) is 9.97 Å². The minimum absolute atomic E-state index is 0.913. The molecule has 3 nitrogen and oxygen atoms in total. The number of fused-ring (bicyclic) bond motifs is 2. The Kier molecular flexibility index (Phi) is 2.60. The third kappa shape index (κ3) is 1.90. The van der Waals surface area contributed by atoms with Crippen molar-refractivity contribution in [2.45, 2.75) is 0 Å². The van der Waals surface area contributed by atoms with Crippen LogP contribution in [0.3, 0.4) is 0 Å². The Bertz CT molecular complexity index is 860. The number of rotatable bonds is 2. The van der Waals surface area contributed by atoms with E-state index in [9.17, 15) is 0 Å². The zero-order valence-electron chi connectivity index (χ0n) is 10.6. The molecule has 0 aliphatic rings. The van der Waals surface area contributed by atoms with Crippen LogP contribution in [0.4, 0.5) is 10.8 Å². The Morgan fingerprint density at radius 3 is 2.85 bits per heavy atom. The van der Waals surface area contributed by atoms with Crippen molar-refractivity contribution >= 4 is 43.1 Å². The highest BCUT2D eigenvalue weighted by atomic mass is 32.1. The first kappa shape index (κ1) is 11.4. The number of nitrogens with zero attached hydrogens (tertiary/aromatic N) is 2. The lowest BCUT2D eigenvalue weighted by Gasteiger charge is -2.06. The fourth-order valence-corrected chi connectivity index (χ4v) is 3.15. The van der Waals surface area contributed by atoms with Crippen LogP contribution in [0.5, 0.6) is 0 Å². The molecule has 0 saturated heterocycles. The average molecular weight is 277 g/mol. The smallest absolute Gasteiger partial charge is 0.188 e. The SMILES string of the molecule is c1cc(Nc2nc3ccccc3s2)c2ccncc2c1. The molecule has 2 aromatic heterocycles. The van der Waals surface area contributed by atoms with Crippen LogP contribution in [0.2, 0.25) is 0 Å². The van der Waals surface area contributed by atoms with E-state index < -0.39 is 0 Å². The summed E-state index contributed by atoms with van der Waals surface area (Å²) in [6, 6.07) is 16.3. The average Bonchev–Trinajstić information content (AvgIpc) is 2.90. The summed E-state index contributed by atoms with van der Waals surface area (Å²) in [5, 5.41) is 6.61. The van der Waals surface area contributed by atoms with Crippen LogP contribution >= 0.6 is 11.3 Å². The van der Waals surface area contributed by atoms with Gasteiger partial charge in [0.2, 0.25) is 0 Å². The summed E-state index contributed by atoms with van der Waals surface area (Å²) >= 11 is 1.66. The van der Waals surface area contributed by atoms with Crippen molar-refractivity contribution in [2.24, 2.45) is 0 Å². The Morgan fingerprint density at radius 2 is 1.90 bits per heavy atom. The molecule has 4 aromatic rings. The Hall–Kier alpha value is -2.46. The fraction of sp³-hybridized carbons (Fsp3) is 0. The number of hydrogen-bond donors (Lipinski definition) is 1. The summed E-state index contributed by atoms with van der Waals surface area (Å²) in [7, 11) is 0. The van der Waals surface area contributed by atoms with Crippen molar-refractivity contribution in [3.8, 4) is 0 Å². The molecule has 0 saturated carbocycles. The first-order valence-electron chi connectivity index (χ1n) is 6.35. The van der Waals surface area contributed by atoms with E-state index in [1.54, 1.807) is 11.3 Å². The van der Waals surface area contributed by atoms with Gasteiger partial charge in [0.15, 0.2) is 5.13 Å². The molecular weight excluding hydrogens is 266 g/mol. The number of anilines is 2. The van der Waals surface area contributed by atoms with Crippen molar-refractivity contribution in [2.75, 3.05) is 5.32 Å². The molecule has 4 rings (SSSR count). The number of para-hydroxylation sites is 1. The molecule has 20 heavy (non-hydrogen) atoms. The molecule has 4 heteroatoms. The molecule has 0 aliphatic carbocycles. The molecule has 0 aliphatic heterocycles. The second-order valence-corrected chi connectivity index (χ2v) is 5.54. The van der Waals surface area contributed by atoms with Gasteiger partial charge in [-0.15, -0.1) is 0 Å². The third-order valence-corrected chi connectivity index (χ3v) is 4.17. The predicted molar refractivity (Wildman–Crippen MR) is 84.6 cm³/mol. The van der Waals surface area contributed by atoms with Crippen molar-refractivity contribution < 1.29 is 0 Å². The first-order valence-corrected chi connectivity index (χ1v) is 7.17. The molecule has 0 bridgehead atoms. The largest absolute Gasteiger partial charge is 0.331 e. The van der Waals surface area contributed by atoms with Gasteiger partial charge in [0.25, 0.3) is 0 Å². The van der Waals surface area contributed by atoms with E-state index in [1.807, 2.05) is 42.7 Å². The van der Waals surface area contributed by atoms with Gasteiger partial charge in [-0.2, -0.15) is 0 Å². The van der Waals surface area contributed by atoms with Gasteiger partial charge in [0, 0.05) is 28.9 Å². The second kappa shape index (κ2) is 4.58. The van der Waals surface area contributed by atoms with E-state index in [-0.39, 0.29) is 0 Å². The Morgan fingerprint density at radius 1 is 0.950 bits per heavy atom. The molecule has 0 fully saturated rings. The van der Waals surface area contributed by atoms with Gasteiger partial charge in [0.05, 0.1) is 10.2 Å². The van der Waals surface area contributed by atoms with E-state index in [4.69, 9.17) is 0 Å². The lowest BCUT2D eigenvalue weighted by Crippen LogP contribution is -1.90. The van der Waals surface area contributed by atoms with Gasteiger partial charge >= 0.3 is 0 Å². The number of benzene rings is 2. The summed E-state index contributed by atoms with van der Waals surface area (Å²) in [5.41, 5.74) is 2.09. The topological polar surface area (TPSA) is 37.8 Å². The van der Waals surface area contributed by atoms with Crippen molar-refractivity contribution in [1.29, 1.82) is 0 Å². The zero-order valence-corrected chi connectivity index (χ0v) is 11.4. The van der Waals surface area contributed by atoms with Crippen molar-refractivity contribution in [3.05, 3.63) is 60.9 Å². The predicted octanol–water partition coefficient (Wildman–Crippen LogP) is 4.59. The molecule has 0 amide bonds. The van der Waals surface area contributed by atoms with E-state index in [0.717, 1.165) is 27.1 Å². The number of hydrogen-bond acceptors (Lipinski definition) is 4. The summed E-state index contributed by atoms with van der Waals surface area (Å²) in [6.07, 6.45) is 3.69. The summed E-state index contributed by atoms with van der Waals surface area (Å²) < 4.78 is 1.19. The van der Waals surface area contributed by atoms with Crippen LogP contribution in [0.25, 0.3) is 21.0 Å². The molecule has 0 spiro atoms. The highest BCUT2D eigenvalue weighted by Crippen LogP contribution is 2.30. The van der Waals surface area contributed by atoms with Crippen molar-refractivity contribution in [3.63, 3.8) is 0 Å². The minimum Gasteiger partial charge on any atom is -0.331 e. The molecule has 1 N–H and O–H groups in total. The quantitative estimate of drug-likeness (QED) is 0.582. The van der Waals surface area contributed by atoms with Gasteiger partial charge in [-0.1, -0.05) is 35.6 Å². The summed E-state index contributed by atoms with van der Waals surface area (Å²) in [5.74, 6) is 0. The number of nitrogens with one attached hydrogen (secondary N) is 1. The standard InChI is InChI=1S/C16H11N3S/c1-2-7-15-14(5-1)19-16(20-15)18-13-6-3-4-11-10-17-9-8-12(11)13/h1-10H,(H,18,19).